The van der Waals surface area contributed by atoms with Crippen LogP contribution in [0.2, 0.25) is 0 Å². The van der Waals surface area contributed by atoms with E-state index in [1.165, 1.54) is 0 Å². The van der Waals surface area contributed by atoms with Crippen LogP contribution in [0.1, 0.15) is 12.7 Å². The molecule has 0 aliphatic rings. The fourth-order valence-corrected chi connectivity index (χ4v) is 2.23. The summed E-state index contributed by atoms with van der Waals surface area (Å²) in [6.45, 7) is 3.69. The Morgan fingerprint density at radius 3 is 2.71 bits per heavy atom. The van der Waals surface area contributed by atoms with Crippen molar-refractivity contribution in [1.82, 2.24) is 19.7 Å². The summed E-state index contributed by atoms with van der Waals surface area (Å²) in [4.78, 5) is 15.4. The summed E-state index contributed by atoms with van der Waals surface area (Å²) in [6.07, 6.45) is 3.79. The molecule has 2 aromatic heterocycles. The van der Waals surface area contributed by atoms with E-state index in [-0.39, 0.29) is 5.56 Å². The van der Waals surface area contributed by atoms with Gasteiger partial charge in [0.05, 0.1) is 12.2 Å². The van der Waals surface area contributed by atoms with Gasteiger partial charge in [-0.3, -0.25) is 15.0 Å². The second kappa shape index (κ2) is 5.70. The largest absolute Gasteiger partial charge is 0.378 e. The second-order valence-electron chi connectivity index (χ2n) is 4.73. The quantitative estimate of drug-likeness (QED) is 0.671. The predicted octanol–water partition coefficient (Wildman–Crippen LogP) is 2.20. The molecule has 0 radical (unpaired) electrons. The zero-order valence-electron chi connectivity index (χ0n) is 11.8. The highest BCUT2D eigenvalue weighted by molar-refractivity contribution is 5.62. The van der Waals surface area contributed by atoms with Crippen LogP contribution < -0.4 is 10.9 Å². The Labute approximate surface area is 121 Å². The van der Waals surface area contributed by atoms with E-state index in [1.54, 1.807) is 6.07 Å². The van der Waals surface area contributed by atoms with Gasteiger partial charge in [0.1, 0.15) is 5.82 Å². The van der Waals surface area contributed by atoms with Crippen molar-refractivity contribution in [3.8, 4) is 11.3 Å². The highest BCUT2D eigenvalue weighted by atomic mass is 16.1. The summed E-state index contributed by atoms with van der Waals surface area (Å²) in [7, 11) is 0. The van der Waals surface area contributed by atoms with Crippen molar-refractivity contribution in [1.29, 1.82) is 0 Å². The molecule has 3 N–H and O–H groups in total. The van der Waals surface area contributed by atoms with Crippen LogP contribution >= 0.6 is 0 Å². The van der Waals surface area contributed by atoms with Gasteiger partial charge in [0.15, 0.2) is 0 Å². The summed E-state index contributed by atoms with van der Waals surface area (Å²) >= 11 is 0. The molecule has 6 heteroatoms. The standard InChI is InChI=1S/C15H17N5O/c1-2-20-8-7-16-14(20)10-17-12-5-3-11(4-6-12)13-9-15(21)19-18-13/h3-9,17H,2,10H2,1H3,(H2,18,19,21). The van der Waals surface area contributed by atoms with E-state index in [1.807, 2.05) is 36.7 Å². The molecule has 2 heterocycles. The number of benzene rings is 1. The second-order valence-corrected chi connectivity index (χ2v) is 4.73. The van der Waals surface area contributed by atoms with Gasteiger partial charge in [-0.15, -0.1) is 0 Å². The molecule has 0 atom stereocenters. The topological polar surface area (TPSA) is 78.5 Å². The van der Waals surface area contributed by atoms with Gasteiger partial charge >= 0.3 is 0 Å². The Morgan fingerprint density at radius 2 is 2.05 bits per heavy atom. The van der Waals surface area contributed by atoms with E-state index in [9.17, 15) is 4.79 Å². The molecule has 0 unspecified atom stereocenters. The van der Waals surface area contributed by atoms with Crippen molar-refractivity contribution in [3.05, 3.63) is 58.9 Å². The normalized spacial score (nSPS) is 10.7. The predicted molar refractivity (Wildman–Crippen MR) is 82.1 cm³/mol. The number of H-pyrrole nitrogens is 2. The van der Waals surface area contributed by atoms with Crippen molar-refractivity contribution in [2.45, 2.75) is 20.0 Å². The molecule has 3 aromatic rings. The lowest BCUT2D eigenvalue weighted by Gasteiger charge is -2.08. The first kappa shape index (κ1) is 13.2. The zero-order chi connectivity index (χ0) is 14.7. The number of hydrogen-bond donors (Lipinski definition) is 3. The van der Waals surface area contributed by atoms with Crippen LogP contribution in [-0.2, 0) is 13.1 Å². The molecule has 3 rings (SSSR count). The van der Waals surface area contributed by atoms with Gasteiger partial charge in [-0.25, -0.2) is 4.98 Å². The number of hydrogen-bond acceptors (Lipinski definition) is 3. The first-order chi connectivity index (χ1) is 10.3. The molecule has 1 aromatic carbocycles. The Hall–Kier alpha value is -2.76. The minimum absolute atomic E-state index is 0.126. The van der Waals surface area contributed by atoms with Gasteiger partial charge in [0, 0.05) is 30.7 Å². The number of anilines is 1. The third-order valence-electron chi connectivity index (χ3n) is 3.38. The van der Waals surface area contributed by atoms with Crippen LogP contribution in [0.3, 0.4) is 0 Å². The smallest absolute Gasteiger partial charge is 0.264 e. The molecule has 108 valence electrons. The minimum atomic E-state index is -0.126. The van der Waals surface area contributed by atoms with Gasteiger partial charge in [-0.05, 0) is 24.6 Å². The summed E-state index contributed by atoms with van der Waals surface area (Å²) in [5.41, 5.74) is 2.64. The molecule has 0 aliphatic carbocycles. The van der Waals surface area contributed by atoms with Gasteiger partial charge in [0.2, 0.25) is 0 Å². The van der Waals surface area contributed by atoms with Crippen LogP contribution in [0, 0.1) is 0 Å². The highest BCUT2D eigenvalue weighted by Crippen LogP contribution is 2.18. The van der Waals surface area contributed by atoms with Gasteiger partial charge in [-0.2, -0.15) is 0 Å². The van der Waals surface area contributed by atoms with Crippen LogP contribution in [0.15, 0.2) is 47.5 Å². The number of nitrogens with one attached hydrogen (secondary N) is 3. The number of rotatable bonds is 5. The molecular weight excluding hydrogens is 266 g/mol. The summed E-state index contributed by atoms with van der Waals surface area (Å²) < 4.78 is 2.10. The maximum absolute atomic E-state index is 11.1. The SMILES string of the molecule is CCn1ccnc1CNc1ccc(-c2cc(=O)[nH][nH]2)cc1. The first-order valence-electron chi connectivity index (χ1n) is 6.88. The van der Waals surface area contributed by atoms with Crippen molar-refractivity contribution >= 4 is 5.69 Å². The van der Waals surface area contributed by atoms with Gasteiger partial charge < -0.3 is 9.88 Å². The maximum Gasteiger partial charge on any atom is 0.264 e. The molecular formula is C15H17N5O. The number of nitrogens with zero attached hydrogens (tertiary/aromatic N) is 2. The van der Waals surface area contributed by atoms with Crippen molar-refractivity contribution in [2.75, 3.05) is 5.32 Å². The first-order valence-corrected chi connectivity index (χ1v) is 6.88. The average Bonchev–Trinajstić information content (AvgIpc) is 3.14. The average molecular weight is 283 g/mol. The molecule has 0 saturated heterocycles. The molecule has 6 nitrogen and oxygen atoms in total. The lowest BCUT2D eigenvalue weighted by Crippen LogP contribution is -2.07. The minimum Gasteiger partial charge on any atom is -0.378 e. The molecule has 0 aliphatic heterocycles. The maximum atomic E-state index is 11.1. The number of imidazole rings is 1. The van der Waals surface area contributed by atoms with E-state index in [4.69, 9.17) is 0 Å². The lowest BCUT2D eigenvalue weighted by atomic mass is 10.1. The molecule has 0 saturated carbocycles. The Morgan fingerprint density at radius 1 is 1.24 bits per heavy atom. The van der Waals surface area contributed by atoms with Gasteiger partial charge in [0.25, 0.3) is 5.56 Å². The van der Waals surface area contributed by atoms with Crippen molar-refractivity contribution in [3.63, 3.8) is 0 Å². The number of aryl methyl sites for hydroxylation is 1. The van der Waals surface area contributed by atoms with E-state index >= 15 is 0 Å². The summed E-state index contributed by atoms with van der Waals surface area (Å²) in [6, 6.07) is 9.45. The van der Waals surface area contributed by atoms with E-state index in [0.29, 0.717) is 6.54 Å². The van der Waals surface area contributed by atoms with Crippen LogP contribution in [0.5, 0.6) is 0 Å². The van der Waals surface area contributed by atoms with Gasteiger partial charge in [-0.1, -0.05) is 12.1 Å². The van der Waals surface area contributed by atoms with Crippen LogP contribution in [0.4, 0.5) is 5.69 Å². The van der Waals surface area contributed by atoms with Crippen LogP contribution in [-0.4, -0.2) is 19.7 Å². The van der Waals surface area contributed by atoms with Crippen molar-refractivity contribution in [2.24, 2.45) is 0 Å². The fourth-order valence-electron chi connectivity index (χ4n) is 2.23. The Bertz CT molecular complexity index is 766. The Balaban J connectivity index is 1.69. The molecule has 0 bridgehead atoms. The van der Waals surface area contributed by atoms with Crippen molar-refractivity contribution < 1.29 is 0 Å². The third kappa shape index (κ3) is 2.89. The molecule has 0 spiro atoms. The summed E-state index contributed by atoms with van der Waals surface area (Å²) in [5, 5.41) is 8.71. The highest BCUT2D eigenvalue weighted by Gasteiger charge is 2.03. The molecule has 0 amide bonds. The Kier molecular flexibility index (Phi) is 3.59. The molecule has 21 heavy (non-hydrogen) atoms. The monoisotopic (exact) mass is 283 g/mol. The van der Waals surface area contributed by atoms with E-state index in [2.05, 4.69) is 32.0 Å². The van der Waals surface area contributed by atoms with E-state index in [0.717, 1.165) is 29.3 Å². The zero-order valence-corrected chi connectivity index (χ0v) is 11.8. The number of aromatic nitrogens is 4. The van der Waals surface area contributed by atoms with Crippen LogP contribution in [0.25, 0.3) is 11.3 Å². The molecule has 0 fully saturated rings. The van der Waals surface area contributed by atoms with E-state index < -0.39 is 0 Å². The number of aromatic amines is 2. The summed E-state index contributed by atoms with van der Waals surface area (Å²) in [5.74, 6) is 1.01. The fraction of sp³-hybridized carbons (Fsp3) is 0.200. The third-order valence-corrected chi connectivity index (χ3v) is 3.38. The lowest BCUT2D eigenvalue weighted by molar-refractivity contribution is 0.708.